The van der Waals surface area contributed by atoms with Crippen LogP contribution in [0.5, 0.6) is 0 Å². The van der Waals surface area contributed by atoms with E-state index < -0.39 is 18.0 Å². The van der Waals surface area contributed by atoms with Gasteiger partial charge in [-0.2, -0.15) is 0 Å². The number of carbonyl (C=O) groups excluding carboxylic acids is 1. The van der Waals surface area contributed by atoms with Crippen LogP contribution in [0, 0.1) is 0 Å². The molecule has 0 spiro atoms. The van der Waals surface area contributed by atoms with Crippen molar-refractivity contribution in [2.45, 2.75) is 38.8 Å². The van der Waals surface area contributed by atoms with Crippen LogP contribution < -0.4 is 10.6 Å². The number of nitrogens with one attached hydrogen (secondary N) is 2. The Hall–Kier alpha value is -1.56. The molecule has 0 aliphatic carbocycles. The lowest BCUT2D eigenvalue weighted by molar-refractivity contribution is -0.139. The van der Waals surface area contributed by atoms with Crippen LogP contribution in [0.4, 0.5) is 4.79 Å². The van der Waals surface area contributed by atoms with Crippen LogP contribution in [0.25, 0.3) is 0 Å². The van der Waals surface area contributed by atoms with E-state index in [1.807, 2.05) is 38.1 Å². The summed E-state index contributed by atoms with van der Waals surface area (Å²) in [5, 5.41) is 14.2. The largest absolute Gasteiger partial charge is 0.480 e. The lowest BCUT2D eigenvalue weighted by atomic mass is 10.1. The number of benzene rings is 1. The van der Waals surface area contributed by atoms with Gasteiger partial charge in [-0.25, -0.2) is 9.59 Å². The summed E-state index contributed by atoms with van der Waals surface area (Å²) < 4.78 is 0.929. The Morgan fingerprint density at radius 3 is 2.60 bits per heavy atom. The fourth-order valence-corrected chi connectivity index (χ4v) is 2.22. The molecule has 0 saturated carbocycles. The van der Waals surface area contributed by atoms with E-state index in [4.69, 9.17) is 5.11 Å². The Balaban J connectivity index is 2.59. The van der Waals surface area contributed by atoms with E-state index in [0.717, 1.165) is 10.0 Å². The molecule has 1 aromatic rings. The maximum absolute atomic E-state index is 11.8. The van der Waals surface area contributed by atoms with Gasteiger partial charge in [-0.1, -0.05) is 41.4 Å². The highest BCUT2D eigenvalue weighted by atomic mass is 79.9. The molecule has 1 aromatic carbocycles. The summed E-state index contributed by atoms with van der Waals surface area (Å²) in [6.45, 7) is 3.72. The Labute approximate surface area is 126 Å². The van der Waals surface area contributed by atoms with Gasteiger partial charge in [-0.3, -0.25) is 0 Å². The van der Waals surface area contributed by atoms with Crippen molar-refractivity contribution in [2.24, 2.45) is 0 Å². The van der Waals surface area contributed by atoms with Crippen molar-refractivity contribution >= 4 is 27.9 Å². The van der Waals surface area contributed by atoms with Gasteiger partial charge in [0.25, 0.3) is 0 Å². The van der Waals surface area contributed by atoms with Crippen LogP contribution in [0.3, 0.4) is 0 Å². The number of hydrogen-bond donors (Lipinski definition) is 3. The van der Waals surface area contributed by atoms with Crippen molar-refractivity contribution in [3.63, 3.8) is 0 Å². The number of urea groups is 1. The fourth-order valence-electron chi connectivity index (χ4n) is 1.80. The first kappa shape index (κ1) is 16.5. The molecule has 20 heavy (non-hydrogen) atoms. The van der Waals surface area contributed by atoms with Crippen molar-refractivity contribution < 1.29 is 14.7 Å². The minimum Gasteiger partial charge on any atom is -0.480 e. The quantitative estimate of drug-likeness (QED) is 0.743. The SMILES string of the molecule is CCCC(NC(=O)NC(C)c1cccc(Br)c1)C(=O)O. The number of aliphatic carboxylic acids is 1. The highest BCUT2D eigenvalue weighted by Crippen LogP contribution is 2.17. The van der Waals surface area contributed by atoms with Crippen LogP contribution in [-0.4, -0.2) is 23.1 Å². The zero-order valence-corrected chi connectivity index (χ0v) is 13.1. The van der Waals surface area contributed by atoms with Crippen LogP contribution in [-0.2, 0) is 4.79 Å². The van der Waals surface area contributed by atoms with Crippen molar-refractivity contribution in [3.8, 4) is 0 Å². The summed E-state index contributed by atoms with van der Waals surface area (Å²) in [5.74, 6) is -1.02. The third-order valence-corrected chi connectivity index (χ3v) is 3.37. The molecule has 0 bridgehead atoms. The van der Waals surface area contributed by atoms with Gasteiger partial charge >= 0.3 is 12.0 Å². The van der Waals surface area contributed by atoms with Gasteiger partial charge < -0.3 is 15.7 Å². The number of amides is 2. The zero-order valence-electron chi connectivity index (χ0n) is 11.5. The molecule has 0 saturated heterocycles. The topological polar surface area (TPSA) is 78.4 Å². The molecule has 3 N–H and O–H groups in total. The summed E-state index contributed by atoms with van der Waals surface area (Å²) in [7, 11) is 0. The predicted octanol–water partition coefficient (Wildman–Crippen LogP) is 3.06. The van der Waals surface area contributed by atoms with Gasteiger partial charge in [-0.15, -0.1) is 0 Å². The van der Waals surface area contributed by atoms with Gasteiger partial charge in [0, 0.05) is 4.47 Å². The maximum Gasteiger partial charge on any atom is 0.326 e. The van der Waals surface area contributed by atoms with E-state index in [1.165, 1.54) is 0 Å². The van der Waals surface area contributed by atoms with E-state index in [1.54, 1.807) is 0 Å². The van der Waals surface area contributed by atoms with E-state index in [0.29, 0.717) is 12.8 Å². The Morgan fingerprint density at radius 2 is 2.05 bits per heavy atom. The minimum absolute atomic E-state index is 0.205. The van der Waals surface area contributed by atoms with Crippen LogP contribution >= 0.6 is 15.9 Å². The van der Waals surface area contributed by atoms with Gasteiger partial charge in [-0.05, 0) is 31.0 Å². The second-order valence-corrected chi connectivity index (χ2v) is 5.49. The standard InChI is InChI=1S/C14H19BrN2O3/c1-3-5-12(13(18)19)17-14(20)16-9(2)10-6-4-7-11(15)8-10/h4,6-9,12H,3,5H2,1-2H3,(H,18,19)(H2,16,17,20). The molecule has 0 fully saturated rings. The van der Waals surface area contributed by atoms with Gasteiger partial charge in [0.1, 0.15) is 6.04 Å². The van der Waals surface area contributed by atoms with E-state index in [-0.39, 0.29) is 6.04 Å². The summed E-state index contributed by atoms with van der Waals surface area (Å²) in [6, 6.07) is 6.06. The molecule has 0 aliphatic heterocycles. The Bertz CT molecular complexity index is 479. The molecule has 0 heterocycles. The fraction of sp³-hybridized carbons (Fsp3) is 0.429. The van der Waals surface area contributed by atoms with E-state index >= 15 is 0 Å². The highest BCUT2D eigenvalue weighted by molar-refractivity contribution is 9.10. The molecule has 6 heteroatoms. The van der Waals surface area contributed by atoms with E-state index in [9.17, 15) is 9.59 Å². The third kappa shape index (κ3) is 5.21. The summed E-state index contributed by atoms with van der Waals surface area (Å²) in [4.78, 5) is 22.8. The number of carboxylic acids is 1. The number of carboxylic acid groups (broad SMARTS) is 1. The first-order valence-corrected chi connectivity index (χ1v) is 7.28. The summed E-state index contributed by atoms with van der Waals surface area (Å²) in [5.41, 5.74) is 0.942. The average molecular weight is 343 g/mol. The Morgan fingerprint density at radius 1 is 1.35 bits per heavy atom. The minimum atomic E-state index is -1.02. The first-order valence-electron chi connectivity index (χ1n) is 6.49. The number of carbonyl (C=O) groups is 2. The molecule has 1 rings (SSSR count). The second kappa shape index (κ2) is 7.89. The van der Waals surface area contributed by atoms with Crippen molar-refractivity contribution in [1.29, 1.82) is 0 Å². The molecule has 0 aromatic heterocycles. The van der Waals surface area contributed by atoms with Crippen molar-refractivity contribution in [2.75, 3.05) is 0 Å². The lowest BCUT2D eigenvalue weighted by Crippen LogP contribution is -2.46. The van der Waals surface area contributed by atoms with Gasteiger partial charge in [0.15, 0.2) is 0 Å². The van der Waals surface area contributed by atoms with Crippen LogP contribution in [0.15, 0.2) is 28.7 Å². The van der Waals surface area contributed by atoms with Gasteiger partial charge in [0.2, 0.25) is 0 Å². The zero-order chi connectivity index (χ0) is 15.1. The summed E-state index contributed by atoms with van der Waals surface area (Å²) in [6.07, 6.45) is 1.10. The highest BCUT2D eigenvalue weighted by Gasteiger charge is 2.19. The smallest absolute Gasteiger partial charge is 0.326 e. The monoisotopic (exact) mass is 342 g/mol. The molecule has 110 valence electrons. The van der Waals surface area contributed by atoms with Crippen molar-refractivity contribution in [1.82, 2.24) is 10.6 Å². The predicted molar refractivity (Wildman–Crippen MR) is 80.6 cm³/mol. The molecule has 0 radical (unpaired) electrons. The molecule has 2 atom stereocenters. The number of halogens is 1. The number of hydrogen-bond acceptors (Lipinski definition) is 2. The van der Waals surface area contributed by atoms with E-state index in [2.05, 4.69) is 26.6 Å². The van der Waals surface area contributed by atoms with Crippen LogP contribution in [0.2, 0.25) is 0 Å². The molecule has 2 amide bonds. The molecular formula is C14H19BrN2O3. The normalized spacial score (nSPS) is 13.3. The Kier molecular flexibility index (Phi) is 6.51. The molecule has 5 nitrogen and oxygen atoms in total. The molecular weight excluding hydrogens is 324 g/mol. The second-order valence-electron chi connectivity index (χ2n) is 4.57. The molecule has 2 unspecified atom stereocenters. The average Bonchev–Trinajstić information content (AvgIpc) is 2.38. The lowest BCUT2D eigenvalue weighted by Gasteiger charge is -2.18. The third-order valence-electron chi connectivity index (χ3n) is 2.88. The van der Waals surface area contributed by atoms with Crippen molar-refractivity contribution in [3.05, 3.63) is 34.3 Å². The first-order chi connectivity index (χ1) is 9.43. The maximum atomic E-state index is 11.8. The summed E-state index contributed by atoms with van der Waals surface area (Å²) >= 11 is 3.37. The molecule has 0 aliphatic rings. The van der Waals surface area contributed by atoms with Gasteiger partial charge in [0.05, 0.1) is 6.04 Å². The number of rotatable bonds is 6. The van der Waals surface area contributed by atoms with Crippen LogP contribution in [0.1, 0.15) is 38.3 Å².